The predicted molar refractivity (Wildman–Crippen MR) is 223 cm³/mol. The molecule has 10 aromatic rings. The van der Waals surface area contributed by atoms with Gasteiger partial charge in [0.1, 0.15) is 0 Å². The lowest BCUT2D eigenvalue weighted by Gasteiger charge is -2.32. The molecule has 0 unspecified atom stereocenters. The Morgan fingerprint density at radius 3 is 1.29 bits per heavy atom. The van der Waals surface area contributed by atoms with Gasteiger partial charge in [0.15, 0.2) is 0 Å². The maximum Gasteiger partial charge on any atom is 0.0726 e. The van der Waals surface area contributed by atoms with Crippen LogP contribution in [0.15, 0.2) is 176 Å². The van der Waals surface area contributed by atoms with Crippen LogP contribution >= 0.6 is 22.7 Å². The maximum absolute atomic E-state index is 2.55. The molecule has 52 heavy (non-hydrogen) atoms. The largest absolute Gasteiger partial charge is 0.308 e. The normalized spacial score (nSPS) is 13.5. The third-order valence-corrected chi connectivity index (χ3v) is 13.9. The van der Waals surface area contributed by atoms with Gasteiger partial charge in [0.2, 0.25) is 0 Å². The molecule has 1 spiro atoms. The average molecular weight is 696 g/mol. The van der Waals surface area contributed by atoms with Crippen molar-refractivity contribution in [3.8, 4) is 22.3 Å². The lowest BCUT2D eigenvalue weighted by Crippen LogP contribution is -2.26. The van der Waals surface area contributed by atoms with Crippen LogP contribution in [-0.4, -0.2) is 0 Å². The van der Waals surface area contributed by atoms with E-state index in [1.54, 1.807) is 0 Å². The quantitative estimate of drug-likeness (QED) is 0.178. The van der Waals surface area contributed by atoms with Crippen molar-refractivity contribution in [1.29, 1.82) is 0 Å². The topological polar surface area (TPSA) is 3.24 Å². The van der Waals surface area contributed by atoms with E-state index < -0.39 is 5.41 Å². The van der Waals surface area contributed by atoms with Crippen molar-refractivity contribution >= 4 is 80.1 Å². The first-order valence-corrected chi connectivity index (χ1v) is 19.5. The van der Waals surface area contributed by atoms with Crippen molar-refractivity contribution in [3.05, 3.63) is 198 Å². The van der Waals surface area contributed by atoms with Gasteiger partial charge in [-0.15, -0.1) is 22.7 Å². The fraction of sp³-hybridized carbons (Fsp3) is 0.0204. The van der Waals surface area contributed by atoms with E-state index in [-0.39, 0.29) is 0 Å². The summed E-state index contributed by atoms with van der Waals surface area (Å²) in [5.41, 5.74) is 13.9. The number of hydrogen-bond acceptors (Lipinski definition) is 3. The Bertz CT molecular complexity index is 2930. The van der Waals surface area contributed by atoms with Crippen molar-refractivity contribution in [2.75, 3.05) is 4.90 Å². The van der Waals surface area contributed by atoms with Crippen molar-refractivity contribution < 1.29 is 0 Å². The van der Waals surface area contributed by atoms with E-state index >= 15 is 0 Å². The summed E-state index contributed by atoms with van der Waals surface area (Å²) in [7, 11) is 0. The van der Waals surface area contributed by atoms with Crippen LogP contribution in [0.4, 0.5) is 17.1 Å². The molecule has 2 aliphatic carbocycles. The van der Waals surface area contributed by atoms with Gasteiger partial charge in [-0.2, -0.15) is 0 Å². The van der Waals surface area contributed by atoms with Gasteiger partial charge in [-0.05, 0) is 80.9 Å². The third kappa shape index (κ3) is 3.62. The van der Waals surface area contributed by atoms with E-state index in [4.69, 9.17) is 0 Å². The smallest absolute Gasteiger partial charge is 0.0726 e. The Morgan fingerprint density at radius 1 is 0.346 bits per heavy atom. The van der Waals surface area contributed by atoms with Gasteiger partial charge < -0.3 is 4.90 Å². The van der Waals surface area contributed by atoms with Crippen LogP contribution in [0.5, 0.6) is 0 Å². The molecular weight excluding hydrogens is 667 g/mol. The highest BCUT2D eigenvalue weighted by atomic mass is 32.1. The average Bonchev–Trinajstić information content (AvgIpc) is 3.94. The molecule has 3 heteroatoms. The molecule has 0 N–H and O–H groups in total. The molecule has 242 valence electrons. The Labute approximate surface area is 309 Å². The Balaban J connectivity index is 1.20. The summed E-state index contributed by atoms with van der Waals surface area (Å²) in [5.74, 6) is 0. The summed E-state index contributed by atoms with van der Waals surface area (Å²) in [5, 5.41) is 5.23. The number of thiophene rings is 2. The number of hydrogen-bond donors (Lipinski definition) is 0. The molecule has 0 radical (unpaired) electrons. The van der Waals surface area contributed by atoms with Crippen LogP contribution in [-0.2, 0) is 5.41 Å². The van der Waals surface area contributed by atoms with E-state index in [0.717, 1.165) is 0 Å². The molecule has 1 nitrogen and oxygen atoms in total. The predicted octanol–water partition coefficient (Wildman–Crippen LogP) is 14.2. The summed E-state index contributed by atoms with van der Waals surface area (Å²) in [6.07, 6.45) is 0. The van der Waals surface area contributed by atoms with E-state index in [1.165, 1.54) is 102 Å². The van der Waals surface area contributed by atoms with Gasteiger partial charge in [-0.3, -0.25) is 0 Å². The summed E-state index contributed by atoms with van der Waals surface area (Å²) >= 11 is 3.79. The van der Waals surface area contributed by atoms with Crippen molar-refractivity contribution in [2.24, 2.45) is 0 Å². The second-order valence-electron chi connectivity index (χ2n) is 14.0. The maximum atomic E-state index is 2.55. The zero-order valence-corrected chi connectivity index (χ0v) is 29.6. The van der Waals surface area contributed by atoms with Crippen LogP contribution < -0.4 is 4.90 Å². The molecule has 2 heterocycles. The molecule has 0 saturated carbocycles. The second kappa shape index (κ2) is 10.5. The van der Waals surface area contributed by atoms with Crippen LogP contribution in [0.1, 0.15) is 22.3 Å². The van der Waals surface area contributed by atoms with Gasteiger partial charge in [-0.1, -0.05) is 140 Å². The van der Waals surface area contributed by atoms with Crippen molar-refractivity contribution in [1.82, 2.24) is 0 Å². The van der Waals surface area contributed by atoms with E-state index in [2.05, 4.69) is 181 Å². The Hall–Kier alpha value is -6.00. The summed E-state index contributed by atoms with van der Waals surface area (Å²) in [6, 6.07) is 65.9. The van der Waals surface area contributed by atoms with E-state index in [1.807, 2.05) is 22.7 Å². The molecule has 0 aliphatic heterocycles. The highest BCUT2D eigenvalue weighted by Gasteiger charge is 2.51. The van der Waals surface area contributed by atoms with Gasteiger partial charge in [-0.25, -0.2) is 0 Å². The fourth-order valence-electron chi connectivity index (χ4n) is 9.45. The first-order valence-electron chi connectivity index (χ1n) is 17.9. The summed E-state index contributed by atoms with van der Waals surface area (Å²) < 4.78 is 5.23. The van der Waals surface area contributed by atoms with E-state index in [9.17, 15) is 0 Å². The number of anilines is 3. The number of benzene rings is 8. The SMILES string of the molecule is c1ccc2c(c1)-c1ccccc1C21c2ccccc2-c2ccc(N(c3cccc4c3sc3ccccc34)c3cccc4c3sc3ccccc34)cc21. The number of nitrogens with zero attached hydrogens (tertiary/aromatic N) is 1. The van der Waals surface area contributed by atoms with Crippen molar-refractivity contribution in [3.63, 3.8) is 0 Å². The van der Waals surface area contributed by atoms with Crippen LogP contribution in [0.25, 0.3) is 62.6 Å². The minimum Gasteiger partial charge on any atom is -0.308 e. The minimum atomic E-state index is -0.409. The molecule has 2 aliphatic rings. The van der Waals surface area contributed by atoms with Crippen LogP contribution in [0.3, 0.4) is 0 Å². The highest BCUT2D eigenvalue weighted by molar-refractivity contribution is 7.27. The first-order chi connectivity index (χ1) is 25.8. The lowest BCUT2D eigenvalue weighted by molar-refractivity contribution is 0.793. The molecule has 8 aromatic carbocycles. The molecule has 0 fully saturated rings. The molecule has 2 aromatic heterocycles. The standard InChI is InChI=1S/C49H29NS2/c1-6-20-39-31(13-1)32-14-2-7-21-40(32)49(39)41-22-8-3-15-33(41)34-28-27-30(29-42(34)49)50(43-23-11-18-37-35-16-4-9-25-45(35)51-47(37)43)44-24-12-19-38-36-17-5-10-26-46(36)52-48(38)44/h1-29H. The molecular formula is C49H29NS2. The van der Waals surface area contributed by atoms with Gasteiger partial charge in [0.25, 0.3) is 0 Å². The summed E-state index contributed by atoms with van der Waals surface area (Å²) in [4.78, 5) is 2.55. The van der Waals surface area contributed by atoms with Gasteiger partial charge >= 0.3 is 0 Å². The molecule has 0 atom stereocenters. The lowest BCUT2D eigenvalue weighted by atomic mass is 9.70. The number of rotatable bonds is 3. The highest BCUT2D eigenvalue weighted by Crippen LogP contribution is 2.63. The molecule has 0 amide bonds. The molecule has 0 bridgehead atoms. The Morgan fingerprint density at radius 2 is 0.769 bits per heavy atom. The van der Waals surface area contributed by atoms with Crippen LogP contribution in [0.2, 0.25) is 0 Å². The number of fused-ring (bicyclic) bond motifs is 16. The van der Waals surface area contributed by atoms with Crippen LogP contribution in [0, 0.1) is 0 Å². The van der Waals surface area contributed by atoms with Crippen molar-refractivity contribution in [2.45, 2.75) is 5.41 Å². The van der Waals surface area contributed by atoms with E-state index in [0.29, 0.717) is 0 Å². The zero-order valence-electron chi connectivity index (χ0n) is 28.0. The zero-order chi connectivity index (χ0) is 34.0. The van der Waals surface area contributed by atoms with Gasteiger partial charge in [0.05, 0.1) is 26.2 Å². The monoisotopic (exact) mass is 695 g/mol. The summed E-state index contributed by atoms with van der Waals surface area (Å²) in [6.45, 7) is 0. The second-order valence-corrected chi connectivity index (χ2v) is 16.1. The molecule has 0 saturated heterocycles. The Kier molecular flexibility index (Phi) is 5.80. The first kappa shape index (κ1) is 28.7. The minimum absolute atomic E-state index is 0.409. The fourth-order valence-corrected chi connectivity index (χ4v) is 11.9. The third-order valence-electron chi connectivity index (χ3n) is 11.5. The molecule has 12 rings (SSSR count). The van der Waals surface area contributed by atoms with Gasteiger partial charge in [0, 0.05) is 36.6 Å².